The topological polar surface area (TPSA) is 55.1 Å². The number of hydrogen-bond donors (Lipinski definition) is 1. The highest BCUT2D eigenvalue weighted by atomic mass is 16.3. The Morgan fingerprint density at radius 1 is 1.05 bits per heavy atom. The predicted octanol–water partition coefficient (Wildman–Crippen LogP) is 3.47. The maximum Gasteiger partial charge on any atom is 0.185 e. The fourth-order valence-electron chi connectivity index (χ4n) is 2.06. The number of imidazole rings is 1. The molecule has 0 saturated heterocycles. The van der Waals surface area contributed by atoms with Crippen molar-refractivity contribution in [1.82, 2.24) is 9.55 Å². The highest BCUT2D eigenvalue weighted by Gasteiger charge is 2.02. The summed E-state index contributed by atoms with van der Waals surface area (Å²) in [5.74, 6) is 0.142. The molecule has 0 amide bonds. The average Bonchev–Trinajstić information content (AvgIpc) is 3.09. The van der Waals surface area contributed by atoms with Crippen LogP contribution >= 0.6 is 0 Å². The molecule has 0 aliphatic heterocycles. The second-order valence-electron chi connectivity index (χ2n) is 4.81. The molecular formula is C18H14N2O2. The number of nitrogens with zero attached hydrogens (tertiary/aromatic N) is 2. The average molecular weight is 290 g/mol. The van der Waals surface area contributed by atoms with Crippen LogP contribution in [0.1, 0.15) is 15.9 Å². The normalized spacial score (nSPS) is 10.9. The van der Waals surface area contributed by atoms with Crippen molar-refractivity contribution in [3.8, 4) is 11.4 Å². The smallest absolute Gasteiger partial charge is 0.185 e. The van der Waals surface area contributed by atoms with Crippen molar-refractivity contribution in [2.75, 3.05) is 0 Å². The van der Waals surface area contributed by atoms with Gasteiger partial charge in [-0.25, -0.2) is 4.98 Å². The summed E-state index contributed by atoms with van der Waals surface area (Å²) in [7, 11) is 0. The lowest BCUT2D eigenvalue weighted by Crippen LogP contribution is -1.96. The Kier molecular flexibility index (Phi) is 3.83. The summed E-state index contributed by atoms with van der Waals surface area (Å²) in [6, 6.07) is 14.0. The SMILES string of the molecule is O=C(/C=C/c1ccc(O)cc1)c1ccc(-n2ccnc2)cc1. The molecule has 4 heteroatoms. The van der Waals surface area contributed by atoms with E-state index in [1.54, 1.807) is 55.0 Å². The summed E-state index contributed by atoms with van der Waals surface area (Å²) in [5, 5.41) is 9.22. The van der Waals surface area contributed by atoms with E-state index in [2.05, 4.69) is 4.98 Å². The fraction of sp³-hybridized carbons (Fsp3) is 0. The Bertz CT molecular complexity index is 786. The minimum absolute atomic E-state index is 0.0646. The van der Waals surface area contributed by atoms with Crippen LogP contribution in [0.4, 0.5) is 0 Å². The highest BCUT2D eigenvalue weighted by molar-refractivity contribution is 6.06. The zero-order chi connectivity index (χ0) is 15.4. The molecule has 1 heterocycles. The lowest BCUT2D eigenvalue weighted by atomic mass is 10.1. The lowest BCUT2D eigenvalue weighted by Gasteiger charge is -2.02. The second kappa shape index (κ2) is 6.10. The van der Waals surface area contributed by atoms with Gasteiger partial charge in [0.05, 0.1) is 6.33 Å². The molecular weight excluding hydrogens is 276 g/mol. The van der Waals surface area contributed by atoms with Gasteiger partial charge < -0.3 is 9.67 Å². The number of carbonyl (C=O) groups excluding carboxylic acids is 1. The van der Waals surface area contributed by atoms with Crippen molar-refractivity contribution >= 4 is 11.9 Å². The molecule has 0 aliphatic carbocycles. The van der Waals surface area contributed by atoms with Gasteiger partial charge in [-0.3, -0.25) is 4.79 Å². The van der Waals surface area contributed by atoms with E-state index >= 15 is 0 Å². The molecule has 3 rings (SSSR count). The summed E-state index contributed by atoms with van der Waals surface area (Å²) < 4.78 is 1.88. The quantitative estimate of drug-likeness (QED) is 0.591. The third-order valence-electron chi connectivity index (χ3n) is 3.27. The number of carbonyl (C=O) groups is 1. The fourth-order valence-corrected chi connectivity index (χ4v) is 2.06. The first-order chi connectivity index (χ1) is 10.7. The Morgan fingerprint density at radius 3 is 2.41 bits per heavy atom. The molecule has 3 aromatic rings. The van der Waals surface area contributed by atoms with Gasteiger partial charge in [0, 0.05) is 23.6 Å². The zero-order valence-corrected chi connectivity index (χ0v) is 11.8. The Hall–Kier alpha value is -3.14. The van der Waals surface area contributed by atoms with Gasteiger partial charge in [-0.2, -0.15) is 0 Å². The molecule has 1 N–H and O–H groups in total. The Balaban J connectivity index is 1.73. The summed E-state index contributed by atoms with van der Waals surface area (Å²) in [6.45, 7) is 0. The van der Waals surface area contributed by atoms with Gasteiger partial charge in [-0.1, -0.05) is 18.2 Å². The van der Waals surface area contributed by atoms with Crippen LogP contribution in [0.25, 0.3) is 11.8 Å². The number of phenolic OH excluding ortho intramolecular Hbond substituents is 1. The van der Waals surface area contributed by atoms with Crippen molar-refractivity contribution in [2.45, 2.75) is 0 Å². The van der Waals surface area contributed by atoms with E-state index < -0.39 is 0 Å². The predicted molar refractivity (Wildman–Crippen MR) is 85.0 cm³/mol. The van der Waals surface area contributed by atoms with Crippen LogP contribution in [-0.2, 0) is 0 Å². The first-order valence-corrected chi connectivity index (χ1v) is 6.82. The van der Waals surface area contributed by atoms with Gasteiger partial charge in [0.1, 0.15) is 5.75 Å². The molecule has 0 saturated carbocycles. The first-order valence-electron chi connectivity index (χ1n) is 6.82. The number of phenols is 1. The summed E-state index contributed by atoms with van der Waals surface area (Å²) in [5.41, 5.74) is 2.44. The van der Waals surface area contributed by atoms with Crippen LogP contribution in [0.5, 0.6) is 5.75 Å². The number of aromatic nitrogens is 2. The van der Waals surface area contributed by atoms with E-state index in [1.807, 2.05) is 22.9 Å². The molecule has 0 radical (unpaired) electrons. The van der Waals surface area contributed by atoms with Crippen molar-refractivity contribution in [3.63, 3.8) is 0 Å². The van der Waals surface area contributed by atoms with E-state index in [1.165, 1.54) is 6.08 Å². The van der Waals surface area contributed by atoms with E-state index in [-0.39, 0.29) is 11.5 Å². The largest absolute Gasteiger partial charge is 0.508 e. The Labute approximate surface area is 128 Å². The maximum atomic E-state index is 12.1. The van der Waals surface area contributed by atoms with Crippen molar-refractivity contribution in [3.05, 3.63) is 84.5 Å². The van der Waals surface area contributed by atoms with E-state index in [0.29, 0.717) is 5.56 Å². The lowest BCUT2D eigenvalue weighted by molar-refractivity contribution is 0.104. The molecule has 4 nitrogen and oxygen atoms in total. The molecule has 0 spiro atoms. The van der Waals surface area contributed by atoms with Crippen molar-refractivity contribution in [1.29, 1.82) is 0 Å². The van der Waals surface area contributed by atoms with Gasteiger partial charge in [0.25, 0.3) is 0 Å². The minimum atomic E-state index is -0.0646. The molecule has 0 aliphatic rings. The van der Waals surface area contributed by atoms with Gasteiger partial charge in [0.2, 0.25) is 0 Å². The number of aromatic hydroxyl groups is 1. The van der Waals surface area contributed by atoms with E-state index in [9.17, 15) is 9.90 Å². The first kappa shape index (κ1) is 13.8. The highest BCUT2D eigenvalue weighted by Crippen LogP contribution is 2.13. The standard InChI is InChI=1S/C18H14N2O2/c21-17-8-1-14(2-9-17)3-10-18(22)15-4-6-16(7-5-15)20-12-11-19-13-20/h1-13,21H/b10-3+. The Morgan fingerprint density at radius 2 is 1.77 bits per heavy atom. The third-order valence-corrected chi connectivity index (χ3v) is 3.27. The van der Waals surface area contributed by atoms with Crippen LogP contribution < -0.4 is 0 Å². The summed E-state index contributed by atoms with van der Waals surface area (Å²) in [4.78, 5) is 16.1. The van der Waals surface area contributed by atoms with Crippen LogP contribution in [0.15, 0.2) is 73.3 Å². The van der Waals surface area contributed by atoms with Gasteiger partial charge in [-0.15, -0.1) is 0 Å². The van der Waals surface area contributed by atoms with Crippen LogP contribution in [0, 0.1) is 0 Å². The van der Waals surface area contributed by atoms with E-state index in [0.717, 1.165) is 11.3 Å². The van der Waals surface area contributed by atoms with E-state index in [4.69, 9.17) is 0 Å². The van der Waals surface area contributed by atoms with Crippen LogP contribution in [-0.4, -0.2) is 20.4 Å². The van der Waals surface area contributed by atoms with Crippen molar-refractivity contribution in [2.24, 2.45) is 0 Å². The number of benzene rings is 2. The maximum absolute atomic E-state index is 12.1. The second-order valence-corrected chi connectivity index (χ2v) is 4.81. The molecule has 108 valence electrons. The molecule has 0 atom stereocenters. The zero-order valence-electron chi connectivity index (χ0n) is 11.8. The number of ketones is 1. The number of allylic oxidation sites excluding steroid dienone is 1. The summed E-state index contributed by atoms with van der Waals surface area (Å²) in [6.07, 6.45) is 8.52. The molecule has 2 aromatic carbocycles. The van der Waals surface area contributed by atoms with Gasteiger partial charge >= 0.3 is 0 Å². The van der Waals surface area contributed by atoms with Gasteiger partial charge in [-0.05, 0) is 48.0 Å². The molecule has 0 bridgehead atoms. The monoisotopic (exact) mass is 290 g/mol. The van der Waals surface area contributed by atoms with Crippen LogP contribution in [0.2, 0.25) is 0 Å². The molecule has 0 unspecified atom stereocenters. The van der Waals surface area contributed by atoms with Gasteiger partial charge in [0.15, 0.2) is 5.78 Å². The molecule has 22 heavy (non-hydrogen) atoms. The third kappa shape index (κ3) is 3.12. The summed E-state index contributed by atoms with van der Waals surface area (Å²) >= 11 is 0. The van der Waals surface area contributed by atoms with Crippen LogP contribution in [0.3, 0.4) is 0 Å². The number of rotatable bonds is 4. The van der Waals surface area contributed by atoms with Crippen molar-refractivity contribution < 1.29 is 9.90 Å². The number of hydrogen-bond acceptors (Lipinski definition) is 3. The molecule has 1 aromatic heterocycles. The minimum Gasteiger partial charge on any atom is -0.508 e. The molecule has 0 fully saturated rings.